The number of thiophene rings is 1. The lowest BCUT2D eigenvalue weighted by atomic mass is 10.2. The second kappa shape index (κ2) is 9.88. The van der Waals surface area contributed by atoms with Gasteiger partial charge in [-0.25, -0.2) is 0 Å². The van der Waals surface area contributed by atoms with E-state index in [1.165, 1.54) is 10.6 Å². The molecule has 0 saturated carbocycles. The monoisotopic (exact) mass is 456 g/mol. The Morgan fingerprint density at radius 2 is 1.83 bits per heavy atom. The second-order valence-corrected chi connectivity index (χ2v) is 6.65. The number of anilines is 1. The smallest absolute Gasteiger partial charge is 0.193 e. The highest BCUT2D eigenvalue weighted by atomic mass is 127. The van der Waals surface area contributed by atoms with E-state index in [9.17, 15) is 0 Å². The van der Waals surface area contributed by atoms with E-state index in [1.54, 1.807) is 0 Å². The number of rotatable bonds is 4. The first kappa shape index (κ1) is 19.1. The van der Waals surface area contributed by atoms with Crippen molar-refractivity contribution < 1.29 is 0 Å². The standard InChI is InChI=1S/C18H24N4S.HI/c1-19-18(20-10-9-17-8-5-15-23-17)22-13-11-21(12-14-22)16-6-3-2-4-7-16;/h2-8,15H,9-14H2,1H3,(H,19,20);1H. The highest BCUT2D eigenvalue weighted by Gasteiger charge is 2.19. The van der Waals surface area contributed by atoms with Gasteiger partial charge in [-0.05, 0) is 30.0 Å². The van der Waals surface area contributed by atoms with Gasteiger partial charge >= 0.3 is 0 Å². The molecule has 0 atom stereocenters. The minimum atomic E-state index is 0. The lowest BCUT2D eigenvalue weighted by Crippen LogP contribution is -2.52. The first-order valence-corrected chi connectivity index (χ1v) is 9.03. The molecule has 1 N–H and O–H groups in total. The van der Waals surface area contributed by atoms with Gasteiger partial charge in [0, 0.05) is 50.3 Å². The predicted octanol–water partition coefficient (Wildman–Crippen LogP) is 3.31. The van der Waals surface area contributed by atoms with Gasteiger partial charge in [-0.3, -0.25) is 4.99 Å². The van der Waals surface area contributed by atoms with Crippen LogP contribution >= 0.6 is 35.3 Å². The molecule has 2 aromatic rings. The predicted molar refractivity (Wildman–Crippen MR) is 115 cm³/mol. The lowest BCUT2D eigenvalue weighted by molar-refractivity contribution is 0.373. The van der Waals surface area contributed by atoms with Crippen LogP contribution < -0.4 is 10.2 Å². The summed E-state index contributed by atoms with van der Waals surface area (Å²) in [6, 6.07) is 14.9. The molecule has 6 heteroatoms. The van der Waals surface area contributed by atoms with E-state index in [4.69, 9.17) is 0 Å². The van der Waals surface area contributed by atoms with Crippen LogP contribution in [0.3, 0.4) is 0 Å². The Morgan fingerprint density at radius 3 is 2.46 bits per heavy atom. The van der Waals surface area contributed by atoms with Crippen LogP contribution in [-0.2, 0) is 6.42 Å². The van der Waals surface area contributed by atoms with Crippen LogP contribution in [0, 0.1) is 0 Å². The molecule has 0 aliphatic carbocycles. The summed E-state index contributed by atoms with van der Waals surface area (Å²) >= 11 is 1.82. The molecule has 1 fully saturated rings. The fourth-order valence-corrected chi connectivity index (χ4v) is 3.61. The molecule has 1 saturated heterocycles. The van der Waals surface area contributed by atoms with Crippen molar-refractivity contribution in [3.05, 3.63) is 52.7 Å². The van der Waals surface area contributed by atoms with Crippen LogP contribution in [0.1, 0.15) is 4.88 Å². The molecular weight excluding hydrogens is 431 g/mol. The zero-order valence-electron chi connectivity index (χ0n) is 14.0. The number of hydrogen-bond acceptors (Lipinski definition) is 3. The van der Waals surface area contributed by atoms with Gasteiger partial charge in [0.25, 0.3) is 0 Å². The number of hydrogen-bond donors (Lipinski definition) is 1. The van der Waals surface area contributed by atoms with Gasteiger partial charge in [-0.15, -0.1) is 35.3 Å². The molecule has 0 radical (unpaired) electrons. The summed E-state index contributed by atoms with van der Waals surface area (Å²) in [6.45, 7) is 5.03. The number of para-hydroxylation sites is 1. The number of guanidine groups is 1. The summed E-state index contributed by atoms with van der Waals surface area (Å²) in [5.74, 6) is 1.02. The molecule has 1 aliphatic heterocycles. The van der Waals surface area contributed by atoms with Gasteiger partial charge in [-0.1, -0.05) is 24.3 Å². The summed E-state index contributed by atoms with van der Waals surface area (Å²) in [7, 11) is 1.87. The van der Waals surface area contributed by atoms with Crippen molar-refractivity contribution in [2.45, 2.75) is 6.42 Å². The Hall–Kier alpha value is -1.28. The van der Waals surface area contributed by atoms with Crippen LogP contribution in [0.4, 0.5) is 5.69 Å². The van der Waals surface area contributed by atoms with Crippen LogP contribution in [0.25, 0.3) is 0 Å². The maximum absolute atomic E-state index is 4.44. The van der Waals surface area contributed by atoms with E-state index in [-0.39, 0.29) is 24.0 Å². The van der Waals surface area contributed by atoms with Gasteiger partial charge in [-0.2, -0.15) is 0 Å². The molecule has 1 aromatic heterocycles. The Balaban J connectivity index is 0.00000208. The van der Waals surface area contributed by atoms with Gasteiger partial charge < -0.3 is 15.1 Å². The Bertz CT molecular complexity index is 607. The van der Waals surface area contributed by atoms with Gasteiger partial charge in [0.1, 0.15) is 0 Å². The largest absolute Gasteiger partial charge is 0.368 e. The Labute approximate surface area is 165 Å². The highest BCUT2D eigenvalue weighted by Crippen LogP contribution is 2.15. The zero-order valence-corrected chi connectivity index (χ0v) is 17.2. The van der Waals surface area contributed by atoms with E-state index in [1.807, 2.05) is 18.4 Å². The van der Waals surface area contributed by atoms with E-state index < -0.39 is 0 Å². The number of aliphatic imine (C=N–C) groups is 1. The Morgan fingerprint density at radius 1 is 1.08 bits per heavy atom. The van der Waals surface area contributed by atoms with Crippen molar-refractivity contribution >= 4 is 47.0 Å². The maximum Gasteiger partial charge on any atom is 0.193 e. The number of halogens is 1. The minimum absolute atomic E-state index is 0. The fraction of sp³-hybridized carbons (Fsp3) is 0.389. The summed E-state index contributed by atoms with van der Waals surface area (Å²) < 4.78 is 0. The quantitative estimate of drug-likeness (QED) is 0.435. The highest BCUT2D eigenvalue weighted by molar-refractivity contribution is 14.0. The molecule has 0 spiro atoms. The molecule has 0 amide bonds. The van der Waals surface area contributed by atoms with Crippen LogP contribution in [-0.4, -0.2) is 50.6 Å². The zero-order chi connectivity index (χ0) is 15.9. The van der Waals surface area contributed by atoms with Crippen molar-refractivity contribution in [1.29, 1.82) is 0 Å². The third-order valence-electron chi connectivity index (χ3n) is 4.15. The van der Waals surface area contributed by atoms with Crippen molar-refractivity contribution in [3.8, 4) is 0 Å². The molecule has 3 rings (SSSR count). The van der Waals surface area contributed by atoms with Gasteiger partial charge in [0.2, 0.25) is 0 Å². The minimum Gasteiger partial charge on any atom is -0.368 e. The second-order valence-electron chi connectivity index (χ2n) is 5.61. The van der Waals surface area contributed by atoms with E-state index in [0.29, 0.717) is 0 Å². The van der Waals surface area contributed by atoms with Crippen molar-refractivity contribution in [2.75, 3.05) is 44.7 Å². The van der Waals surface area contributed by atoms with Gasteiger partial charge in [0.05, 0.1) is 0 Å². The molecule has 1 aliphatic rings. The van der Waals surface area contributed by atoms with Crippen LogP contribution in [0.15, 0.2) is 52.8 Å². The van der Waals surface area contributed by atoms with Crippen molar-refractivity contribution in [2.24, 2.45) is 4.99 Å². The number of piperazine rings is 1. The Kier molecular flexibility index (Phi) is 7.84. The first-order valence-electron chi connectivity index (χ1n) is 8.15. The van der Waals surface area contributed by atoms with Crippen molar-refractivity contribution in [1.82, 2.24) is 10.2 Å². The molecule has 130 valence electrons. The van der Waals surface area contributed by atoms with Gasteiger partial charge in [0.15, 0.2) is 5.96 Å². The topological polar surface area (TPSA) is 30.9 Å². The van der Waals surface area contributed by atoms with Crippen LogP contribution in [0.2, 0.25) is 0 Å². The third-order valence-corrected chi connectivity index (χ3v) is 5.08. The number of nitrogens with one attached hydrogen (secondary N) is 1. The van der Waals surface area contributed by atoms with Crippen molar-refractivity contribution in [3.63, 3.8) is 0 Å². The number of benzene rings is 1. The molecule has 1 aromatic carbocycles. The molecule has 0 bridgehead atoms. The third kappa shape index (κ3) is 5.11. The van der Waals surface area contributed by atoms with Crippen LogP contribution in [0.5, 0.6) is 0 Å². The van der Waals surface area contributed by atoms with E-state index >= 15 is 0 Å². The number of nitrogens with zero attached hydrogens (tertiary/aromatic N) is 3. The summed E-state index contributed by atoms with van der Waals surface area (Å²) in [5.41, 5.74) is 1.31. The fourth-order valence-electron chi connectivity index (χ4n) is 2.90. The maximum atomic E-state index is 4.44. The summed E-state index contributed by atoms with van der Waals surface area (Å²) in [5, 5.41) is 5.63. The average molecular weight is 456 g/mol. The molecular formula is C18H25IN4S. The van der Waals surface area contributed by atoms with E-state index in [0.717, 1.165) is 45.1 Å². The first-order chi connectivity index (χ1) is 11.4. The molecule has 24 heavy (non-hydrogen) atoms. The summed E-state index contributed by atoms with van der Waals surface area (Å²) in [6.07, 6.45) is 1.06. The SMILES string of the molecule is CN=C(NCCc1cccs1)N1CCN(c2ccccc2)CC1.I. The van der Waals surface area contributed by atoms with E-state index in [2.05, 4.69) is 68.0 Å². The molecule has 0 unspecified atom stereocenters. The molecule has 2 heterocycles. The summed E-state index contributed by atoms with van der Waals surface area (Å²) in [4.78, 5) is 10.7. The average Bonchev–Trinajstić information content (AvgIpc) is 3.13. The lowest BCUT2D eigenvalue weighted by Gasteiger charge is -2.37. The normalized spacial score (nSPS) is 15.1. The molecule has 4 nitrogen and oxygen atoms in total.